The Balaban J connectivity index is 1.92. The van der Waals surface area contributed by atoms with Crippen LogP contribution in [0.25, 0.3) is 0 Å². The summed E-state index contributed by atoms with van der Waals surface area (Å²) in [6, 6.07) is 7.65. The van der Waals surface area contributed by atoms with E-state index < -0.39 is 0 Å². The number of rotatable bonds is 5. The average Bonchev–Trinajstić information content (AvgIpc) is 2.79. The number of carbonyl (C=O) groups excluding carboxylic acids is 1. The van der Waals surface area contributed by atoms with Crippen molar-refractivity contribution in [2.45, 2.75) is 25.4 Å². The third kappa shape index (κ3) is 3.30. The Kier molecular flexibility index (Phi) is 4.62. The van der Waals surface area contributed by atoms with Crippen LogP contribution in [0.15, 0.2) is 29.4 Å². The van der Waals surface area contributed by atoms with Crippen LogP contribution in [-0.4, -0.2) is 26.5 Å². The summed E-state index contributed by atoms with van der Waals surface area (Å²) in [5.74, 6) is 6.67. The van der Waals surface area contributed by atoms with E-state index in [2.05, 4.69) is 15.5 Å². The molecule has 3 N–H and O–H groups in total. The molecule has 1 amide bonds. The minimum atomic E-state index is -0.0923. The summed E-state index contributed by atoms with van der Waals surface area (Å²) in [5.41, 5.74) is 1.85. The normalized spacial score (nSPS) is 10.5. The van der Waals surface area contributed by atoms with Crippen molar-refractivity contribution >= 4 is 23.4 Å². The van der Waals surface area contributed by atoms with Gasteiger partial charge in [-0.2, -0.15) is 0 Å². The molecular formula is C13H17N5OS. The number of hydrogen-bond donors (Lipinski definition) is 2. The molecule has 7 heteroatoms. The number of aryl methyl sites for hydroxylation is 2. The molecule has 1 aromatic carbocycles. The molecule has 6 nitrogen and oxygen atoms in total. The van der Waals surface area contributed by atoms with Crippen molar-refractivity contribution in [1.82, 2.24) is 14.9 Å². The van der Waals surface area contributed by atoms with E-state index >= 15 is 0 Å². The Hall–Kier alpha value is -2.02. The first-order chi connectivity index (χ1) is 9.61. The smallest absolute Gasteiger partial charge is 0.234 e. The van der Waals surface area contributed by atoms with Crippen molar-refractivity contribution in [2.24, 2.45) is 0 Å². The summed E-state index contributed by atoms with van der Waals surface area (Å²) in [7, 11) is 0. The highest BCUT2D eigenvalue weighted by atomic mass is 32.2. The van der Waals surface area contributed by atoms with Gasteiger partial charge in [-0.3, -0.25) is 4.79 Å². The van der Waals surface area contributed by atoms with Gasteiger partial charge >= 0.3 is 0 Å². The van der Waals surface area contributed by atoms with Crippen molar-refractivity contribution in [3.05, 3.63) is 35.7 Å². The lowest BCUT2D eigenvalue weighted by Crippen LogP contribution is -2.17. The first-order valence-electron chi connectivity index (χ1n) is 6.29. The number of para-hydroxylation sites is 1. The number of thioether (sulfide) groups is 1. The van der Waals surface area contributed by atoms with Gasteiger partial charge in [0.05, 0.1) is 5.75 Å². The first kappa shape index (κ1) is 14.4. The van der Waals surface area contributed by atoms with Crippen LogP contribution in [0.5, 0.6) is 0 Å². The molecule has 2 rings (SSSR count). The lowest BCUT2D eigenvalue weighted by molar-refractivity contribution is -0.113. The molecule has 0 aliphatic carbocycles. The maximum Gasteiger partial charge on any atom is 0.234 e. The molecule has 0 spiro atoms. The molecule has 20 heavy (non-hydrogen) atoms. The van der Waals surface area contributed by atoms with Crippen LogP contribution in [0.4, 0.5) is 5.69 Å². The van der Waals surface area contributed by atoms with Crippen LogP contribution >= 0.6 is 11.8 Å². The molecule has 0 fully saturated rings. The Bertz CT molecular complexity index is 611. The number of nitrogen functional groups attached to an aromatic ring is 1. The van der Waals surface area contributed by atoms with Crippen molar-refractivity contribution in [3.8, 4) is 0 Å². The molecule has 0 aliphatic rings. The Morgan fingerprint density at radius 1 is 1.40 bits per heavy atom. The fourth-order valence-corrected chi connectivity index (χ4v) is 2.35. The van der Waals surface area contributed by atoms with Crippen molar-refractivity contribution in [1.29, 1.82) is 0 Å². The zero-order chi connectivity index (χ0) is 14.5. The second kappa shape index (κ2) is 6.42. The highest BCUT2D eigenvalue weighted by Crippen LogP contribution is 2.17. The minimum absolute atomic E-state index is 0.0923. The van der Waals surface area contributed by atoms with Crippen molar-refractivity contribution in [3.63, 3.8) is 0 Å². The second-order valence-electron chi connectivity index (χ2n) is 4.27. The highest BCUT2D eigenvalue weighted by Gasteiger charge is 2.11. The number of nitrogens with two attached hydrogens (primary N) is 1. The zero-order valence-corrected chi connectivity index (χ0v) is 12.3. The van der Waals surface area contributed by atoms with E-state index in [1.807, 2.05) is 38.1 Å². The molecular weight excluding hydrogens is 274 g/mol. The molecule has 1 aromatic heterocycles. The number of nitrogens with zero attached hydrogens (tertiary/aromatic N) is 3. The third-order valence-corrected chi connectivity index (χ3v) is 3.75. The van der Waals surface area contributed by atoms with E-state index in [4.69, 9.17) is 5.84 Å². The van der Waals surface area contributed by atoms with Crippen LogP contribution in [0, 0.1) is 6.92 Å². The quantitative estimate of drug-likeness (QED) is 0.645. The van der Waals surface area contributed by atoms with Crippen LogP contribution < -0.4 is 11.2 Å². The van der Waals surface area contributed by atoms with Gasteiger partial charge in [-0.15, -0.1) is 10.2 Å². The lowest BCUT2D eigenvalue weighted by Gasteiger charge is -2.07. The molecule has 0 atom stereocenters. The van der Waals surface area contributed by atoms with E-state index in [-0.39, 0.29) is 11.7 Å². The minimum Gasteiger partial charge on any atom is -0.336 e. The third-order valence-electron chi connectivity index (χ3n) is 2.80. The van der Waals surface area contributed by atoms with E-state index in [1.165, 1.54) is 16.4 Å². The van der Waals surface area contributed by atoms with Gasteiger partial charge in [-0.1, -0.05) is 36.9 Å². The number of anilines is 1. The van der Waals surface area contributed by atoms with Crippen LogP contribution in [0.3, 0.4) is 0 Å². The monoisotopic (exact) mass is 291 g/mol. The number of hydrogen-bond acceptors (Lipinski definition) is 5. The molecule has 0 unspecified atom stereocenters. The fourth-order valence-electron chi connectivity index (χ4n) is 1.68. The van der Waals surface area contributed by atoms with Gasteiger partial charge in [0.15, 0.2) is 5.82 Å². The standard InChI is InChI=1S/C13H17N5OS/c1-3-11-16-17-13(18(11)14)20-8-12(19)15-10-7-5-4-6-9(10)2/h4-7H,3,8,14H2,1-2H3,(H,15,19). The summed E-state index contributed by atoms with van der Waals surface area (Å²) < 4.78 is 1.42. The summed E-state index contributed by atoms with van der Waals surface area (Å²) >= 11 is 1.27. The zero-order valence-electron chi connectivity index (χ0n) is 11.5. The molecule has 0 bridgehead atoms. The van der Waals surface area contributed by atoms with Crippen molar-refractivity contribution in [2.75, 3.05) is 16.9 Å². The number of aromatic nitrogens is 3. The summed E-state index contributed by atoms with van der Waals surface area (Å²) in [6.07, 6.45) is 0.708. The SMILES string of the molecule is CCc1nnc(SCC(=O)Nc2ccccc2C)n1N. The van der Waals surface area contributed by atoms with Gasteiger partial charge < -0.3 is 11.2 Å². The lowest BCUT2D eigenvalue weighted by atomic mass is 10.2. The van der Waals surface area contributed by atoms with Gasteiger partial charge in [0.1, 0.15) is 0 Å². The molecule has 1 heterocycles. The van der Waals surface area contributed by atoms with Gasteiger partial charge in [0, 0.05) is 12.1 Å². The number of amides is 1. The van der Waals surface area contributed by atoms with Crippen LogP contribution in [0.1, 0.15) is 18.3 Å². The predicted molar refractivity (Wildman–Crippen MR) is 80.1 cm³/mol. The van der Waals surface area contributed by atoms with Crippen LogP contribution in [-0.2, 0) is 11.2 Å². The molecule has 0 saturated carbocycles. The number of benzene rings is 1. The van der Waals surface area contributed by atoms with Crippen LogP contribution in [0.2, 0.25) is 0 Å². The molecule has 0 saturated heterocycles. The van der Waals surface area contributed by atoms with Crippen molar-refractivity contribution < 1.29 is 4.79 Å². The Labute approximate surface area is 121 Å². The van der Waals surface area contributed by atoms with E-state index in [9.17, 15) is 4.79 Å². The van der Waals surface area contributed by atoms with E-state index in [0.29, 0.717) is 17.4 Å². The topological polar surface area (TPSA) is 85.8 Å². The van der Waals surface area contributed by atoms with Gasteiger partial charge in [0.2, 0.25) is 11.1 Å². The van der Waals surface area contributed by atoms with E-state index in [1.54, 1.807) is 0 Å². The van der Waals surface area contributed by atoms with Gasteiger partial charge in [0.25, 0.3) is 0 Å². The maximum atomic E-state index is 11.9. The summed E-state index contributed by atoms with van der Waals surface area (Å²) in [4.78, 5) is 11.9. The summed E-state index contributed by atoms with van der Waals surface area (Å²) in [5, 5.41) is 11.3. The maximum absolute atomic E-state index is 11.9. The largest absolute Gasteiger partial charge is 0.336 e. The highest BCUT2D eigenvalue weighted by molar-refractivity contribution is 7.99. The molecule has 2 aromatic rings. The van der Waals surface area contributed by atoms with Gasteiger partial charge in [-0.25, -0.2) is 4.68 Å². The first-order valence-corrected chi connectivity index (χ1v) is 7.28. The molecule has 106 valence electrons. The second-order valence-corrected chi connectivity index (χ2v) is 5.22. The van der Waals surface area contributed by atoms with E-state index in [0.717, 1.165) is 11.3 Å². The molecule has 0 radical (unpaired) electrons. The van der Waals surface area contributed by atoms with Gasteiger partial charge in [-0.05, 0) is 18.6 Å². The number of nitrogens with one attached hydrogen (secondary N) is 1. The molecule has 0 aliphatic heterocycles. The Morgan fingerprint density at radius 2 is 2.15 bits per heavy atom. The average molecular weight is 291 g/mol. The Morgan fingerprint density at radius 3 is 2.80 bits per heavy atom. The summed E-state index contributed by atoms with van der Waals surface area (Å²) in [6.45, 7) is 3.90. The fraction of sp³-hybridized carbons (Fsp3) is 0.308. The number of carbonyl (C=O) groups is 1. The predicted octanol–water partition coefficient (Wildman–Crippen LogP) is 1.59.